The number of hydrogen-bond donors (Lipinski definition) is 1. The van der Waals surface area contributed by atoms with Crippen molar-refractivity contribution in [3.63, 3.8) is 0 Å². The fourth-order valence-corrected chi connectivity index (χ4v) is 6.17. The second kappa shape index (κ2) is 11.5. The second-order valence-electron chi connectivity index (χ2n) is 11.3. The molecule has 7 rings (SSSR count). The third kappa shape index (κ3) is 5.04. The van der Waals surface area contributed by atoms with E-state index < -0.39 is 18.0 Å². The van der Waals surface area contributed by atoms with Gasteiger partial charge in [0.05, 0.1) is 40.5 Å². The lowest BCUT2D eigenvalue weighted by Gasteiger charge is -2.42. The molecule has 4 aromatic carbocycles. The van der Waals surface area contributed by atoms with Crippen LogP contribution in [0.1, 0.15) is 23.2 Å². The maximum absolute atomic E-state index is 14.5. The monoisotopic (exact) mass is 601 g/mol. The molecule has 1 saturated heterocycles. The molecule has 1 atom stereocenters. The minimum atomic E-state index is -1.32. The summed E-state index contributed by atoms with van der Waals surface area (Å²) >= 11 is 0. The number of carbonyl (C=O) groups is 4. The third-order valence-electron chi connectivity index (χ3n) is 8.48. The minimum Gasteiger partial charge on any atom is -0.480 e. The van der Waals surface area contributed by atoms with E-state index in [2.05, 4.69) is 0 Å². The van der Waals surface area contributed by atoms with Gasteiger partial charge in [0.2, 0.25) is 0 Å². The largest absolute Gasteiger partial charge is 0.480 e. The normalized spacial score (nSPS) is 17.7. The van der Waals surface area contributed by atoms with Crippen LogP contribution in [0.25, 0.3) is 0 Å². The number of anilines is 5. The quantitative estimate of drug-likeness (QED) is 0.305. The molecule has 1 aliphatic carbocycles. The Morgan fingerprint density at radius 1 is 0.689 bits per heavy atom. The smallest absolute Gasteiger partial charge is 0.330 e. The molecule has 0 spiro atoms. The van der Waals surface area contributed by atoms with Gasteiger partial charge in [-0.15, -0.1) is 0 Å². The Morgan fingerprint density at radius 2 is 1.24 bits per heavy atom. The van der Waals surface area contributed by atoms with Gasteiger partial charge in [0.25, 0.3) is 5.91 Å². The maximum Gasteiger partial charge on any atom is 0.330 e. The van der Waals surface area contributed by atoms with Crippen molar-refractivity contribution in [2.75, 3.05) is 34.3 Å². The van der Waals surface area contributed by atoms with Crippen LogP contribution < -0.4 is 14.7 Å². The first-order valence-corrected chi connectivity index (χ1v) is 15.0. The molecular formula is C35H31N5O5. The lowest BCUT2D eigenvalue weighted by atomic mass is 10.1. The Bertz CT molecular complexity index is 1740. The first-order valence-electron chi connectivity index (χ1n) is 15.0. The Kier molecular flexibility index (Phi) is 7.17. The van der Waals surface area contributed by atoms with Gasteiger partial charge in [0.15, 0.2) is 0 Å². The fourth-order valence-electron chi connectivity index (χ4n) is 6.17. The van der Waals surface area contributed by atoms with Gasteiger partial charge in [-0.1, -0.05) is 60.7 Å². The predicted molar refractivity (Wildman–Crippen MR) is 170 cm³/mol. The van der Waals surface area contributed by atoms with Gasteiger partial charge in [-0.2, -0.15) is 0 Å². The van der Waals surface area contributed by atoms with Gasteiger partial charge < -0.3 is 19.8 Å². The van der Waals surface area contributed by atoms with E-state index in [0.29, 0.717) is 34.0 Å². The molecule has 5 amide bonds. The van der Waals surface area contributed by atoms with Crippen molar-refractivity contribution in [1.29, 1.82) is 0 Å². The number of para-hydroxylation sites is 5. The van der Waals surface area contributed by atoms with Gasteiger partial charge in [0.1, 0.15) is 6.04 Å². The number of carboxylic acids is 1. The van der Waals surface area contributed by atoms with Crippen LogP contribution in [-0.2, 0) is 4.79 Å². The van der Waals surface area contributed by atoms with E-state index in [1.807, 2.05) is 72.8 Å². The molecule has 226 valence electrons. The molecule has 2 fully saturated rings. The van der Waals surface area contributed by atoms with Crippen molar-refractivity contribution >= 4 is 52.4 Å². The van der Waals surface area contributed by atoms with Crippen LogP contribution >= 0.6 is 0 Å². The predicted octanol–water partition coefficient (Wildman–Crippen LogP) is 6.10. The molecule has 10 nitrogen and oxygen atoms in total. The molecule has 1 saturated carbocycles. The van der Waals surface area contributed by atoms with Crippen molar-refractivity contribution in [2.24, 2.45) is 0 Å². The summed E-state index contributed by atoms with van der Waals surface area (Å²) < 4.78 is 0. The molecule has 4 aromatic rings. The van der Waals surface area contributed by atoms with Crippen LogP contribution in [0.15, 0.2) is 109 Å². The summed E-state index contributed by atoms with van der Waals surface area (Å²) in [6.07, 6.45) is 1.74. The number of benzene rings is 4. The number of nitrogens with zero attached hydrogens (tertiary/aromatic N) is 5. The van der Waals surface area contributed by atoms with E-state index in [4.69, 9.17) is 0 Å². The SMILES string of the molecule is O=C(O)[C@@H]1CN(C(=O)N(c2ccccc2)c2ccccc2)CCN1C(=O)N1c2ccccc2C(=O)N(C2CC2)c2ccccc21. The Balaban J connectivity index is 1.23. The number of fused-ring (bicyclic) bond motifs is 2. The number of piperazine rings is 1. The standard InChI is InChI=1S/C35H31N5O5/c41-32-27-15-7-8-16-28(27)40(30-18-10-9-17-29(30)39(32)26-19-20-26)35(45)37-22-21-36(23-31(37)33(42)43)34(44)38(24-11-3-1-4-12-24)25-13-5-2-6-14-25/h1-18,26,31H,19-23H2,(H,42,43)/t31-/m0/s1. The van der Waals surface area contributed by atoms with Crippen LogP contribution in [0.4, 0.5) is 38.0 Å². The minimum absolute atomic E-state index is 0.0138. The summed E-state index contributed by atoms with van der Waals surface area (Å²) in [5.41, 5.74) is 3.16. The van der Waals surface area contributed by atoms with E-state index >= 15 is 0 Å². The number of amides is 5. The molecule has 0 aromatic heterocycles. The molecule has 0 bridgehead atoms. The zero-order valence-corrected chi connectivity index (χ0v) is 24.4. The summed E-state index contributed by atoms with van der Waals surface area (Å²) in [7, 11) is 0. The van der Waals surface area contributed by atoms with Gasteiger partial charge in [-0.3, -0.25) is 14.6 Å². The van der Waals surface area contributed by atoms with Crippen LogP contribution in [0.3, 0.4) is 0 Å². The van der Waals surface area contributed by atoms with Crippen molar-refractivity contribution in [3.8, 4) is 0 Å². The Labute approximate surface area is 260 Å². The molecule has 2 heterocycles. The topological polar surface area (TPSA) is 105 Å². The van der Waals surface area contributed by atoms with Gasteiger partial charge in [-0.05, 0) is 61.4 Å². The average Bonchev–Trinajstić information content (AvgIpc) is 3.92. The second-order valence-corrected chi connectivity index (χ2v) is 11.3. The van der Waals surface area contributed by atoms with E-state index in [9.17, 15) is 24.3 Å². The summed E-state index contributed by atoms with van der Waals surface area (Å²) in [5, 5.41) is 10.4. The number of urea groups is 2. The number of aliphatic carboxylic acids is 1. The molecular weight excluding hydrogens is 570 g/mol. The lowest BCUT2D eigenvalue weighted by molar-refractivity contribution is -0.143. The highest BCUT2D eigenvalue weighted by molar-refractivity contribution is 6.19. The molecule has 1 N–H and O–H groups in total. The van der Waals surface area contributed by atoms with Crippen molar-refractivity contribution in [2.45, 2.75) is 24.9 Å². The first-order chi connectivity index (χ1) is 21.9. The van der Waals surface area contributed by atoms with Gasteiger partial charge in [-0.25, -0.2) is 14.4 Å². The highest BCUT2D eigenvalue weighted by atomic mass is 16.4. The highest BCUT2D eigenvalue weighted by Gasteiger charge is 2.45. The summed E-state index contributed by atoms with van der Waals surface area (Å²) in [6.45, 7) is -0.102. The van der Waals surface area contributed by atoms with E-state index in [1.54, 1.807) is 46.2 Å². The number of carbonyl (C=O) groups excluding carboxylic acids is 3. The maximum atomic E-state index is 14.5. The van der Waals surface area contributed by atoms with Crippen molar-refractivity contribution in [3.05, 3.63) is 115 Å². The Morgan fingerprint density at radius 3 is 1.84 bits per heavy atom. The Hall–Kier alpha value is -5.64. The molecule has 0 unspecified atom stereocenters. The van der Waals surface area contributed by atoms with Crippen LogP contribution in [0, 0.1) is 0 Å². The van der Waals surface area contributed by atoms with Crippen molar-refractivity contribution < 1.29 is 24.3 Å². The number of carboxylic acid groups (broad SMARTS) is 1. The molecule has 3 aliphatic rings. The molecule has 45 heavy (non-hydrogen) atoms. The van der Waals surface area contributed by atoms with Gasteiger partial charge >= 0.3 is 18.0 Å². The number of hydrogen-bond acceptors (Lipinski definition) is 4. The van der Waals surface area contributed by atoms with Crippen LogP contribution in [-0.4, -0.2) is 70.6 Å². The number of rotatable bonds is 4. The lowest BCUT2D eigenvalue weighted by Crippen LogP contribution is -2.62. The average molecular weight is 602 g/mol. The third-order valence-corrected chi connectivity index (χ3v) is 8.48. The van der Waals surface area contributed by atoms with E-state index in [0.717, 1.165) is 12.8 Å². The van der Waals surface area contributed by atoms with E-state index in [-0.39, 0.29) is 37.6 Å². The highest BCUT2D eigenvalue weighted by Crippen LogP contribution is 2.45. The molecule has 10 heteroatoms. The van der Waals surface area contributed by atoms with E-state index in [1.165, 1.54) is 14.7 Å². The van der Waals surface area contributed by atoms with Crippen LogP contribution in [0.5, 0.6) is 0 Å². The summed E-state index contributed by atoms with van der Waals surface area (Å²) in [5.74, 6) is -1.41. The van der Waals surface area contributed by atoms with Crippen molar-refractivity contribution in [1.82, 2.24) is 9.80 Å². The summed E-state index contributed by atoms with van der Waals surface area (Å²) in [6, 6.07) is 30.3. The summed E-state index contributed by atoms with van der Waals surface area (Å²) in [4.78, 5) is 62.8. The molecule has 2 aliphatic heterocycles. The van der Waals surface area contributed by atoms with Gasteiger partial charge in [0, 0.05) is 19.1 Å². The molecule has 0 radical (unpaired) electrons. The van der Waals surface area contributed by atoms with Crippen LogP contribution in [0.2, 0.25) is 0 Å². The zero-order chi connectivity index (χ0) is 31.1. The fraction of sp³-hybridized carbons (Fsp3) is 0.200. The zero-order valence-electron chi connectivity index (χ0n) is 24.4. The first kappa shape index (κ1) is 28.1.